The van der Waals surface area contributed by atoms with Gasteiger partial charge in [-0.2, -0.15) is 0 Å². The van der Waals surface area contributed by atoms with Gasteiger partial charge in [0, 0.05) is 38.3 Å². The average molecular weight is 434 g/mol. The molecule has 9 heteroatoms. The van der Waals surface area contributed by atoms with Crippen LogP contribution in [0.25, 0.3) is 5.52 Å². The van der Waals surface area contributed by atoms with Gasteiger partial charge in [0.2, 0.25) is 10.0 Å². The van der Waals surface area contributed by atoms with Crippen molar-refractivity contribution >= 4 is 21.4 Å². The average Bonchev–Trinajstić information content (AvgIpc) is 3.14. The number of fused-ring (bicyclic) bond motifs is 1. The maximum absolute atomic E-state index is 12.9. The van der Waals surface area contributed by atoms with Crippen LogP contribution in [0, 0.1) is 0 Å². The van der Waals surface area contributed by atoms with Gasteiger partial charge < -0.3 is 14.6 Å². The SMILES string of the molecule is CS(=O)(=O)N1CCC[C@H](c2nc(C(=O)NCCN3CCCCC3)c3ccccn23)C1. The smallest absolute Gasteiger partial charge is 0.272 e. The molecule has 0 aliphatic carbocycles. The number of aromatic nitrogens is 2. The van der Waals surface area contributed by atoms with E-state index in [4.69, 9.17) is 4.98 Å². The van der Waals surface area contributed by atoms with Gasteiger partial charge >= 0.3 is 0 Å². The van der Waals surface area contributed by atoms with Crippen molar-refractivity contribution in [3.63, 3.8) is 0 Å². The van der Waals surface area contributed by atoms with Crippen LogP contribution in [-0.2, 0) is 10.0 Å². The van der Waals surface area contributed by atoms with Gasteiger partial charge in [-0.15, -0.1) is 0 Å². The maximum atomic E-state index is 12.9. The quantitative estimate of drug-likeness (QED) is 0.749. The number of rotatable bonds is 6. The van der Waals surface area contributed by atoms with Crippen molar-refractivity contribution < 1.29 is 13.2 Å². The number of amides is 1. The zero-order valence-electron chi connectivity index (χ0n) is 17.6. The Labute approximate surface area is 178 Å². The first-order chi connectivity index (χ1) is 14.4. The predicted molar refractivity (Wildman–Crippen MR) is 116 cm³/mol. The first-order valence-corrected chi connectivity index (χ1v) is 12.7. The molecule has 8 nitrogen and oxygen atoms in total. The molecule has 1 amide bonds. The van der Waals surface area contributed by atoms with Crippen molar-refractivity contribution in [1.29, 1.82) is 0 Å². The van der Waals surface area contributed by atoms with Crippen molar-refractivity contribution in [2.24, 2.45) is 0 Å². The number of likely N-dealkylation sites (tertiary alicyclic amines) is 1. The van der Waals surface area contributed by atoms with E-state index in [9.17, 15) is 13.2 Å². The van der Waals surface area contributed by atoms with Crippen LogP contribution in [0.2, 0.25) is 0 Å². The minimum absolute atomic E-state index is 0.0294. The van der Waals surface area contributed by atoms with Gasteiger partial charge in [-0.3, -0.25) is 4.79 Å². The number of carbonyl (C=O) groups is 1. The van der Waals surface area contributed by atoms with Crippen LogP contribution in [-0.4, -0.2) is 78.4 Å². The van der Waals surface area contributed by atoms with E-state index in [1.54, 1.807) is 0 Å². The Morgan fingerprint density at radius 1 is 1.17 bits per heavy atom. The van der Waals surface area contributed by atoms with E-state index in [2.05, 4.69) is 10.2 Å². The van der Waals surface area contributed by atoms with Crippen molar-refractivity contribution in [2.75, 3.05) is 45.5 Å². The summed E-state index contributed by atoms with van der Waals surface area (Å²) in [5.74, 6) is 0.566. The molecule has 4 rings (SSSR count). The van der Waals surface area contributed by atoms with E-state index < -0.39 is 10.0 Å². The summed E-state index contributed by atoms with van der Waals surface area (Å²) in [5, 5.41) is 3.02. The zero-order valence-corrected chi connectivity index (χ0v) is 18.4. The summed E-state index contributed by atoms with van der Waals surface area (Å²) in [4.78, 5) is 20.0. The molecule has 1 atom stereocenters. The third-order valence-corrected chi connectivity index (χ3v) is 7.44. The molecule has 2 aliphatic heterocycles. The van der Waals surface area contributed by atoms with Gasteiger partial charge in [0.25, 0.3) is 5.91 Å². The standard InChI is InChI=1S/C21H31N5O3S/c1-30(28,29)25-13-7-8-17(16-25)20-23-19(18-9-3-6-14-26(18)20)21(27)22-10-15-24-11-4-2-5-12-24/h3,6,9,14,17H,2,4-5,7-8,10-13,15-16H2,1H3,(H,22,27)/t17-/m0/s1. The summed E-state index contributed by atoms with van der Waals surface area (Å²) in [7, 11) is -3.24. The summed E-state index contributed by atoms with van der Waals surface area (Å²) in [5.41, 5.74) is 1.18. The molecule has 2 aromatic rings. The molecule has 0 radical (unpaired) electrons. The molecule has 30 heavy (non-hydrogen) atoms. The highest BCUT2D eigenvalue weighted by Crippen LogP contribution is 2.29. The number of nitrogens with one attached hydrogen (secondary N) is 1. The molecular weight excluding hydrogens is 402 g/mol. The number of pyridine rings is 1. The summed E-state index contributed by atoms with van der Waals surface area (Å²) in [6, 6.07) is 5.70. The minimum Gasteiger partial charge on any atom is -0.349 e. The highest BCUT2D eigenvalue weighted by Gasteiger charge is 2.30. The summed E-state index contributed by atoms with van der Waals surface area (Å²) < 4.78 is 27.5. The Bertz CT molecular complexity index is 997. The third-order valence-electron chi connectivity index (χ3n) is 6.17. The number of piperidine rings is 2. The lowest BCUT2D eigenvalue weighted by Crippen LogP contribution is -2.39. The Morgan fingerprint density at radius 3 is 2.73 bits per heavy atom. The van der Waals surface area contributed by atoms with Gasteiger partial charge in [-0.1, -0.05) is 12.5 Å². The lowest BCUT2D eigenvalue weighted by Gasteiger charge is -2.30. The fourth-order valence-corrected chi connectivity index (χ4v) is 5.48. The molecule has 0 saturated carbocycles. The van der Waals surface area contributed by atoms with Crippen LogP contribution >= 0.6 is 0 Å². The second-order valence-corrected chi connectivity index (χ2v) is 10.4. The first-order valence-electron chi connectivity index (χ1n) is 10.9. The number of hydrogen-bond donors (Lipinski definition) is 1. The Hall–Kier alpha value is -1.97. The van der Waals surface area contributed by atoms with Gasteiger partial charge in [0.1, 0.15) is 5.82 Å². The molecule has 2 fully saturated rings. The third kappa shape index (κ3) is 4.68. The molecule has 164 valence electrons. The van der Waals surface area contributed by atoms with Gasteiger partial charge in [-0.05, 0) is 50.9 Å². The highest BCUT2D eigenvalue weighted by atomic mass is 32.2. The zero-order chi connectivity index (χ0) is 21.1. The fraction of sp³-hybridized carbons (Fsp3) is 0.619. The van der Waals surface area contributed by atoms with E-state index >= 15 is 0 Å². The molecule has 0 spiro atoms. The molecule has 0 aromatic carbocycles. The summed E-state index contributed by atoms with van der Waals surface area (Å²) >= 11 is 0. The summed E-state index contributed by atoms with van der Waals surface area (Å²) in [6.45, 7) is 4.62. The molecular formula is C21H31N5O3S. The second kappa shape index (κ2) is 9.03. The Kier molecular flexibility index (Phi) is 6.40. The monoisotopic (exact) mass is 433 g/mol. The van der Waals surface area contributed by atoms with Crippen LogP contribution in [0.5, 0.6) is 0 Å². The van der Waals surface area contributed by atoms with Crippen LogP contribution < -0.4 is 5.32 Å². The lowest BCUT2D eigenvalue weighted by molar-refractivity contribution is 0.0943. The lowest BCUT2D eigenvalue weighted by atomic mass is 9.99. The topological polar surface area (TPSA) is 87.0 Å². The van der Waals surface area contributed by atoms with E-state index in [-0.39, 0.29) is 11.8 Å². The van der Waals surface area contributed by atoms with Crippen LogP contribution in [0.3, 0.4) is 0 Å². The molecule has 0 unspecified atom stereocenters. The van der Waals surface area contributed by atoms with E-state index in [1.165, 1.54) is 29.8 Å². The summed E-state index contributed by atoms with van der Waals surface area (Å²) in [6.07, 6.45) is 8.56. The molecule has 4 heterocycles. The second-order valence-electron chi connectivity index (χ2n) is 8.39. The van der Waals surface area contributed by atoms with Gasteiger partial charge in [0.05, 0.1) is 11.8 Å². The van der Waals surface area contributed by atoms with Crippen LogP contribution in [0.15, 0.2) is 24.4 Å². The predicted octanol–water partition coefficient (Wildman–Crippen LogP) is 1.69. The van der Waals surface area contributed by atoms with Crippen molar-refractivity contribution in [3.05, 3.63) is 35.9 Å². The fourth-order valence-electron chi connectivity index (χ4n) is 4.57. The van der Waals surface area contributed by atoms with Gasteiger partial charge in [-0.25, -0.2) is 17.7 Å². The van der Waals surface area contributed by atoms with Crippen molar-refractivity contribution in [2.45, 2.75) is 38.0 Å². The number of sulfonamides is 1. The first kappa shape index (κ1) is 21.3. The van der Waals surface area contributed by atoms with E-state index in [0.29, 0.717) is 25.3 Å². The number of nitrogens with zero attached hydrogens (tertiary/aromatic N) is 4. The van der Waals surface area contributed by atoms with Crippen molar-refractivity contribution in [3.8, 4) is 0 Å². The normalized spacial score (nSPS) is 21.7. The van der Waals surface area contributed by atoms with Crippen molar-refractivity contribution in [1.82, 2.24) is 23.9 Å². The molecule has 2 aliphatic rings. The Morgan fingerprint density at radius 2 is 1.97 bits per heavy atom. The maximum Gasteiger partial charge on any atom is 0.272 e. The van der Waals surface area contributed by atoms with E-state index in [0.717, 1.165) is 43.8 Å². The number of carbonyl (C=O) groups excluding carboxylic acids is 1. The Balaban J connectivity index is 1.51. The van der Waals surface area contributed by atoms with Crippen LogP contribution in [0.4, 0.5) is 0 Å². The number of imidazole rings is 1. The molecule has 1 N–H and O–H groups in total. The highest BCUT2D eigenvalue weighted by molar-refractivity contribution is 7.88. The molecule has 2 saturated heterocycles. The van der Waals surface area contributed by atoms with E-state index in [1.807, 2.05) is 28.8 Å². The minimum atomic E-state index is -3.24. The largest absolute Gasteiger partial charge is 0.349 e. The van der Waals surface area contributed by atoms with Gasteiger partial charge in [0.15, 0.2) is 5.69 Å². The van der Waals surface area contributed by atoms with Crippen LogP contribution in [0.1, 0.15) is 54.3 Å². The molecule has 2 aromatic heterocycles. The molecule has 0 bridgehead atoms. The number of hydrogen-bond acceptors (Lipinski definition) is 5.